The van der Waals surface area contributed by atoms with Gasteiger partial charge in [-0.05, 0) is 0 Å². The van der Waals surface area contributed by atoms with Gasteiger partial charge in [0.25, 0.3) is 0 Å². The summed E-state index contributed by atoms with van der Waals surface area (Å²) in [6, 6.07) is 4.16. The van der Waals surface area contributed by atoms with Crippen LogP contribution < -0.4 is 0 Å². The van der Waals surface area contributed by atoms with Gasteiger partial charge in [0.1, 0.15) is 0 Å². The van der Waals surface area contributed by atoms with Gasteiger partial charge >= 0.3 is 53.5 Å². The number of hydrogen-bond acceptors (Lipinski definition) is 0. The Kier molecular flexibility index (Phi) is 1.99. The van der Waals surface area contributed by atoms with E-state index in [1.807, 2.05) is 0 Å². The second-order valence-corrected chi connectivity index (χ2v) is 3.65. The van der Waals surface area contributed by atoms with Crippen molar-refractivity contribution in [2.45, 2.75) is 5.88 Å². The topological polar surface area (TPSA) is 0 Å². The van der Waals surface area contributed by atoms with Crippen LogP contribution in [0.15, 0.2) is 17.1 Å². The molecule has 0 atom stereocenters. The zero-order valence-corrected chi connectivity index (χ0v) is 6.19. The first-order chi connectivity index (χ1) is 3.43. The van der Waals surface area contributed by atoms with E-state index in [4.69, 9.17) is 11.6 Å². The molecule has 38 valence electrons. The van der Waals surface area contributed by atoms with Crippen LogP contribution in [0.25, 0.3) is 0 Å². The second-order valence-electron chi connectivity index (χ2n) is 1.21. The van der Waals surface area contributed by atoms with E-state index in [0.717, 1.165) is 0 Å². The van der Waals surface area contributed by atoms with E-state index in [2.05, 4.69) is 17.1 Å². The van der Waals surface area contributed by atoms with Crippen molar-refractivity contribution in [3.8, 4) is 0 Å². The second kappa shape index (κ2) is 2.56. The number of hydrogen-bond donors (Lipinski definition) is 0. The number of halogens is 1. The fourth-order valence-corrected chi connectivity index (χ4v) is 1.96. The molecule has 1 heterocycles. The molecule has 1 aromatic rings. The molecule has 0 saturated carbocycles. The van der Waals surface area contributed by atoms with Gasteiger partial charge in [0, 0.05) is 0 Å². The van der Waals surface area contributed by atoms with E-state index < -0.39 is 0 Å². The molecule has 0 aliphatic carbocycles. The first kappa shape index (κ1) is 5.43. The third kappa shape index (κ3) is 1.34. The maximum absolute atomic E-state index is 5.52. The zero-order valence-electron chi connectivity index (χ0n) is 3.73. The summed E-state index contributed by atoms with van der Waals surface area (Å²) in [6.45, 7) is 0. The maximum atomic E-state index is 5.52. The van der Waals surface area contributed by atoms with Crippen LogP contribution in [-0.2, 0) is 5.88 Å². The summed E-state index contributed by atoms with van der Waals surface area (Å²) in [5, 5.41) is 0. The molecule has 0 spiro atoms. The summed E-state index contributed by atoms with van der Waals surface area (Å²) in [5.41, 5.74) is 0. The van der Waals surface area contributed by atoms with Gasteiger partial charge in [-0.3, -0.25) is 0 Å². The Hall–Kier alpha value is 0.289. The minimum absolute atomic E-state index is 0.585. The van der Waals surface area contributed by atoms with Crippen molar-refractivity contribution >= 4 is 26.1 Å². The van der Waals surface area contributed by atoms with Gasteiger partial charge in [0.2, 0.25) is 0 Å². The normalized spacial score (nSPS) is 9.29. The predicted molar refractivity (Wildman–Crippen MR) is 32.9 cm³/mol. The van der Waals surface area contributed by atoms with E-state index in [9.17, 15) is 0 Å². The summed E-state index contributed by atoms with van der Waals surface area (Å²) in [7, 11) is 0. The van der Waals surface area contributed by atoms with Crippen LogP contribution >= 0.6 is 11.6 Å². The fourth-order valence-electron chi connectivity index (χ4n) is 0.389. The van der Waals surface area contributed by atoms with Crippen molar-refractivity contribution in [1.82, 2.24) is 0 Å². The van der Waals surface area contributed by atoms with Crippen LogP contribution in [0, 0.1) is 0 Å². The SMILES string of the molecule is ClCc1ccc[se]1. The molecule has 0 aromatic carbocycles. The first-order valence-corrected chi connectivity index (χ1v) is 4.40. The summed E-state index contributed by atoms with van der Waals surface area (Å²) in [4.78, 5) is 2.17. The van der Waals surface area contributed by atoms with Gasteiger partial charge in [-0.15, -0.1) is 0 Å². The minimum atomic E-state index is 0.585. The van der Waals surface area contributed by atoms with Gasteiger partial charge in [-0.1, -0.05) is 0 Å². The van der Waals surface area contributed by atoms with Crippen LogP contribution in [0.3, 0.4) is 0 Å². The van der Waals surface area contributed by atoms with Crippen molar-refractivity contribution in [1.29, 1.82) is 0 Å². The summed E-state index contributed by atoms with van der Waals surface area (Å²) < 4.78 is 1.38. The molecular formula is C5H5ClSe. The van der Waals surface area contributed by atoms with Crippen LogP contribution in [-0.4, -0.2) is 14.5 Å². The van der Waals surface area contributed by atoms with E-state index in [1.165, 1.54) is 4.44 Å². The fraction of sp³-hybridized carbons (Fsp3) is 0.200. The molecule has 0 saturated heterocycles. The Labute approximate surface area is 53.9 Å². The third-order valence-electron chi connectivity index (χ3n) is 0.712. The average Bonchev–Trinajstić information content (AvgIpc) is 2.14. The third-order valence-corrected chi connectivity index (χ3v) is 3.20. The molecule has 0 N–H and O–H groups in total. The Morgan fingerprint density at radius 2 is 2.57 bits per heavy atom. The molecule has 0 unspecified atom stereocenters. The summed E-state index contributed by atoms with van der Waals surface area (Å²) in [6.07, 6.45) is 0. The molecule has 1 rings (SSSR count). The van der Waals surface area contributed by atoms with E-state index >= 15 is 0 Å². The molecule has 0 bridgehead atoms. The van der Waals surface area contributed by atoms with Crippen LogP contribution in [0.4, 0.5) is 0 Å². The van der Waals surface area contributed by atoms with E-state index in [-0.39, 0.29) is 0 Å². The molecular weight excluding hydrogens is 174 g/mol. The quantitative estimate of drug-likeness (QED) is 0.453. The first-order valence-electron chi connectivity index (χ1n) is 2.02. The molecule has 0 amide bonds. The van der Waals surface area contributed by atoms with Crippen molar-refractivity contribution in [3.05, 3.63) is 21.5 Å². The van der Waals surface area contributed by atoms with E-state index in [0.29, 0.717) is 20.4 Å². The van der Waals surface area contributed by atoms with Crippen LogP contribution in [0.1, 0.15) is 4.44 Å². The Balaban J connectivity index is 2.76. The predicted octanol–water partition coefficient (Wildman–Crippen LogP) is 1.48. The molecule has 1 aromatic heterocycles. The molecule has 0 aliphatic heterocycles. The average molecular weight is 180 g/mol. The Morgan fingerprint density at radius 3 is 2.86 bits per heavy atom. The van der Waals surface area contributed by atoms with Gasteiger partial charge in [-0.25, -0.2) is 0 Å². The van der Waals surface area contributed by atoms with Crippen LogP contribution in [0.2, 0.25) is 0 Å². The van der Waals surface area contributed by atoms with Crippen molar-refractivity contribution in [2.75, 3.05) is 0 Å². The van der Waals surface area contributed by atoms with E-state index in [1.54, 1.807) is 0 Å². The number of alkyl halides is 1. The van der Waals surface area contributed by atoms with Crippen LogP contribution in [0.5, 0.6) is 0 Å². The molecule has 0 fully saturated rings. The molecule has 7 heavy (non-hydrogen) atoms. The summed E-state index contributed by atoms with van der Waals surface area (Å²) in [5.74, 6) is 0.715. The van der Waals surface area contributed by atoms with Gasteiger partial charge in [-0.2, -0.15) is 0 Å². The molecule has 2 heteroatoms. The number of rotatable bonds is 1. The zero-order chi connectivity index (χ0) is 5.11. The van der Waals surface area contributed by atoms with Gasteiger partial charge in [0.05, 0.1) is 0 Å². The Bertz CT molecular complexity index is 123. The molecule has 0 radical (unpaired) electrons. The summed E-state index contributed by atoms with van der Waals surface area (Å²) >= 11 is 6.10. The molecule has 0 aliphatic rings. The van der Waals surface area contributed by atoms with Crippen molar-refractivity contribution in [2.24, 2.45) is 0 Å². The van der Waals surface area contributed by atoms with Crippen molar-refractivity contribution in [3.63, 3.8) is 0 Å². The Morgan fingerprint density at radius 1 is 1.71 bits per heavy atom. The van der Waals surface area contributed by atoms with Gasteiger partial charge in [0.15, 0.2) is 0 Å². The van der Waals surface area contributed by atoms with Gasteiger partial charge < -0.3 is 0 Å². The standard InChI is InChI=1S/C5H5ClSe/c6-4-5-2-1-3-7-5/h1-3H,4H2. The van der Waals surface area contributed by atoms with Crippen molar-refractivity contribution < 1.29 is 0 Å². The molecule has 0 nitrogen and oxygen atoms in total. The monoisotopic (exact) mass is 180 g/mol.